The van der Waals surface area contributed by atoms with Crippen molar-refractivity contribution in [1.29, 1.82) is 0 Å². The van der Waals surface area contributed by atoms with Crippen LogP contribution in [0.15, 0.2) is 132 Å². The summed E-state index contributed by atoms with van der Waals surface area (Å²) in [4.78, 5) is 4.83. The van der Waals surface area contributed by atoms with Gasteiger partial charge in [0.05, 0.1) is 0 Å². The molecule has 4 bridgehead atoms. The minimum Gasteiger partial charge on any atom is -0.436 e. The van der Waals surface area contributed by atoms with Crippen LogP contribution < -0.4 is 10.4 Å². The molecule has 5 aliphatic carbocycles. The Bertz CT molecular complexity index is 2560. The third kappa shape index (κ3) is 3.82. The maximum absolute atomic E-state index is 6.22. The SMILES string of the molecule is C[Si]1(C)c2ccccc2-c2cc3c(cc21)C1(c2cc(-c4ccc(-c5ccccc5-c5nc6ccccc6o5)cc4)ccc2-3)C2CC3CC(C2)CC1C3. The molecule has 0 atom stereocenters. The van der Waals surface area contributed by atoms with Gasteiger partial charge in [0.1, 0.15) is 13.6 Å². The second-order valence-corrected chi connectivity index (χ2v) is 21.5. The van der Waals surface area contributed by atoms with Gasteiger partial charge in [0, 0.05) is 11.0 Å². The average molecular weight is 688 g/mol. The van der Waals surface area contributed by atoms with Crippen LogP contribution in [0, 0.1) is 23.7 Å². The van der Waals surface area contributed by atoms with E-state index in [4.69, 9.17) is 9.40 Å². The van der Waals surface area contributed by atoms with E-state index in [1.54, 1.807) is 21.5 Å². The number of para-hydroxylation sites is 2. The topological polar surface area (TPSA) is 26.0 Å². The molecule has 0 saturated heterocycles. The molecule has 0 unspecified atom stereocenters. The Hall–Kier alpha value is -4.99. The van der Waals surface area contributed by atoms with Crippen LogP contribution in [0.2, 0.25) is 13.1 Å². The number of hydrogen-bond donors (Lipinski definition) is 0. The summed E-state index contributed by atoms with van der Waals surface area (Å²) in [5.41, 5.74) is 17.1. The summed E-state index contributed by atoms with van der Waals surface area (Å²) in [6, 6.07) is 48.0. The van der Waals surface area contributed by atoms with Crippen molar-refractivity contribution >= 4 is 29.5 Å². The average Bonchev–Trinajstić information content (AvgIpc) is 3.80. The lowest BCUT2D eigenvalue weighted by atomic mass is 9.43. The van der Waals surface area contributed by atoms with E-state index in [1.807, 2.05) is 24.3 Å². The summed E-state index contributed by atoms with van der Waals surface area (Å²) in [7, 11) is -1.79. The Morgan fingerprint density at radius 3 is 1.92 bits per heavy atom. The monoisotopic (exact) mass is 687 g/mol. The number of fused-ring (bicyclic) bond motifs is 7. The summed E-state index contributed by atoms with van der Waals surface area (Å²) < 4.78 is 6.22. The fraction of sp³-hybridized carbons (Fsp3) is 0.245. The van der Waals surface area contributed by atoms with Gasteiger partial charge >= 0.3 is 0 Å². The molecule has 4 saturated carbocycles. The molecular weight excluding hydrogens is 647 g/mol. The van der Waals surface area contributed by atoms with Gasteiger partial charge in [-0.25, -0.2) is 4.98 Å². The minimum atomic E-state index is -1.79. The first-order valence-electron chi connectivity index (χ1n) is 19.5. The maximum Gasteiger partial charge on any atom is 0.227 e. The molecule has 1 aliphatic heterocycles. The number of hydrogen-bond acceptors (Lipinski definition) is 2. The zero-order valence-corrected chi connectivity index (χ0v) is 30.8. The molecule has 1 spiro atoms. The summed E-state index contributed by atoms with van der Waals surface area (Å²) in [6.45, 7) is 5.17. The predicted molar refractivity (Wildman–Crippen MR) is 216 cm³/mol. The highest BCUT2D eigenvalue weighted by molar-refractivity contribution is 7.03. The van der Waals surface area contributed by atoms with Crippen LogP contribution >= 0.6 is 0 Å². The first-order valence-corrected chi connectivity index (χ1v) is 22.5. The molecule has 1 aromatic heterocycles. The zero-order valence-electron chi connectivity index (χ0n) is 29.8. The molecule has 2 heterocycles. The first-order chi connectivity index (χ1) is 25.5. The molecule has 13 rings (SSSR count). The molecule has 2 nitrogen and oxygen atoms in total. The number of nitrogens with zero attached hydrogens (tertiary/aromatic N) is 1. The molecule has 52 heavy (non-hydrogen) atoms. The fourth-order valence-electron chi connectivity index (χ4n) is 12.3. The molecule has 0 radical (unpaired) electrons. The van der Waals surface area contributed by atoms with Crippen LogP contribution in [0.3, 0.4) is 0 Å². The highest BCUT2D eigenvalue weighted by Crippen LogP contribution is 2.69. The normalized spacial score (nSPS) is 25.3. The van der Waals surface area contributed by atoms with E-state index in [1.165, 1.54) is 71.0 Å². The smallest absolute Gasteiger partial charge is 0.227 e. The lowest BCUT2D eigenvalue weighted by molar-refractivity contribution is -0.0399. The van der Waals surface area contributed by atoms with Crippen molar-refractivity contribution in [3.63, 3.8) is 0 Å². The van der Waals surface area contributed by atoms with Crippen LogP contribution in [0.1, 0.15) is 43.2 Å². The van der Waals surface area contributed by atoms with Gasteiger partial charge in [0.25, 0.3) is 0 Å². The Morgan fingerprint density at radius 1 is 0.519 bits per heavy atom. The molecule has 4 fully saturated rings. The van der Waals surface area contributed by atoms with E-state index in [0.717, 1.165) is 45.9 Å². The predicted octanol–water partition coefficient (Wildman–Crippen LogP) is 11.4. The van der Waals surface area contributed by atoms with Gasteiger partial charge in [-0.05, 0) is 152 Å². The van der Waals surface area contributed by atoms with Crippen LogP contribution in [0.5, 0.6) is 0 Å². The van der Waals surface area contributed by atoms with Crippen LogP contribution in [0.25, 0.3) is 67.1 Å². The minimum absolute atomic E-state index is 0.140. The summed E-state index contributed by atoms with van der Waals surface area (Å²) in [5.74, 6) is 4.02. The van der Waals surface area contributed by atoms with E-state index in [9.17, 15) is 0 Å². The van der Waals surface area contributed by atoms with Gasteiger partial charge in [-0.3, -0.25) is 0 Å². The van der Waals surface area contributed by atoms with Crippen molar-refractivity contribution in [2.45, 2.75) is 50.6 Å². The highest BCUT2D eigenvalue weighted by atomic mass is 28.3. The molecule has 3 heteroatoms. The van der Waals surface area contributed by atoms with Crippen LogP contribution in [0.4, 0.5) is 0 Å². The van der Waals surface area contributed by atoms with Crippen molar-refractivity contribution in [1.82, 2.24) is 4.98 Å². The van der Waals surface area contributed by atoms with E-state index in [2.05, 4.69) is 116 Å². The van der Waals surface area contributed by atoms with Crippen molar-refractivity contribution in [3.05, 3.63) is 139 Å². The number of rotatable bonds is 3. The Kier molecular flexibility index (Phi) is 5.87. The van der Waals surface area contributed by atoms with Gasteiger partial charge in [0.15, 0.2) is 5.58 Å². The van der Waals surface area contributed by atoms with Crippen molar-refractivity contribution in [2.24, 2.45) is 23.7 Å². The fourth-order valence-corrected chi connectivity index (χ4v) is 15.4. The van der Waals surface area contributed by atoms with Crippen LogP contribution in [-0.4, -0.2) is 13.1 Å². The number of aromatic nitrogens is 1. The van der Waals surface area contributed by atoms with Gasteiger partial charge in [-0.2, -0.15) is 0 Å². The van der Waals surface area contributed by atoms with Crippen molar-refractivity contribution in [2.75, 3.05) is 0 Å². The third-order valence-corrected chi connectivity index (χ3v) is 17.9. The van der Waals surface area contributed by atoms with Crippen molar-refractivity contribution in [3.8, 4) is 56.0 Å². The number of oxazole rings is 1. The highest BCUT2D eigenvalue weighted by Gasteiger charge is 2.62. The van der Waals surface area contributed by atoms with E-state index < -0.39 is 8.07 Å². The number of benzene rings is 6. The molecule has 6 aromatic carbocycles. The van der Waals surface area contributed by atoms with Crippen molar-refractivity contribution < 1.29 is 4.42 Å². The van der Waals surface area contributed by atoms with Gasteiger partial charge < -0.3 is 4.42 Å². The Labute approximate surface area is 306 Å². The van der Waals surface area contributed by atoms with Gasteiger partial charge in [-0.15, -0.1) is 0 Å². The molecule has 7 aromatic rings. The van der Waals surface area contributed by atoms with Gasteiger partial charge in [0.2, 0.25) is 5.89 Å². The molecular formula is C49H41NOSi. The first kappa shape index (κ1) is 29.6. The Morgan fingerprint density at radius 2 is 1.15 bits per heavy atom. The molecule has 6 aliphatic rings. The zero-order chi connectivity index (χ0) is 34.3. The third-order valence-electron chi connectivity index (χ3n) is 14.3. The standard InChI is InChI=1S/C49H41NOSi/c1-52(2)46-14-8-5-10-38(46)41-27-40-37-20-19-33(26-42(37)49(43(40)28-47(41)52)34-22-29-21-30(24-34)25-35(49)23-29)31-15-17-32(18-16-31)36-9-3-4-11-39(36)48-50-44-12-6-7-13-45(44)51-48/h3-20,26-30,34-35H,21-25H2,1-2H3. The second kappa shape index (κ2) is 10.3. The summed E-state index contributed by atoms with van der Waals surface area (Å²) >= 11 is 0. The maximum atomic E-state index is 6.22. The van der Waals surface area contributed by atoms with E-state index >= 15 is 0 Å². The second-order valence-electron chi connectivity index (χ2n) is 17.2. The molecule has 0 N–H and O–H groups in total. The quantitative estimate of drug-likeness (QED) is 0.173. The largest absolute Gasteiger partial charge is 0.436 e. The molecule has 252 valence electrons. The molecule has 0 amide bonds. The van der Waals surface area contributed by atoms with Gasteiger partial charge in [-0.1, -0.05) is 110 Å². The lowest BCUT2D eigenvalue weighted by Gasteiger charge is -2.61. The van der Waals surface area contributed by atoms with Crippen LogP contribution in [-0.2, 0) is 5.41 Å². The Balaban J connectivity index is 0.988. The van der Waals surface area contributed by atoms with E-state index in [0.29, 0.717) is 5.89 Å². The van der Waals surface area contributed by atoms with E-state index in [-0.39, 0.29) is 5.41 Å². The summed E-state index contributed by atoms with van der Waals surface area (Å²) in [5, 5.41) is 3.28. The summed E-state index contributed by atoms with van der Waals surface area (Å²) in [6.07, 6.45) is 7.10. The lowest BCUT2D eigenvalue weighted by Crippen LogP contribution is -2.56.